The molecule has 2 aromatic carbocycles. The first-order valence-corrected chi connectivity index (χ1v) is 7.56. The number of benzene rings is 2. The van der Waals surface area contributed by atoms with E-state index in [9.17, 15) is 9.18 Å². The number of hydrogen-bond donors (Lipinski definition) is 1. The van der Waals surface area contributed by atoms with Crippen molar-refractivity contribution >= 4 is 11.6 Å². The highest BCUT2D eigenvalue weighted by Crippen LogP contribution is 2.15. The van der Waals surface area contributed by atoms with Crippen molar-refractivity contribution in [2.75, 3.05) is 5.32 Å². The Morgan fingerprint density at radius 1 is 1.08 bits per heavy atom. The second-order valence-electron chi connectivity index (χ2n) is 5.38. The number of aryl methyl sites for hydroxylation is 1. The minimum Gasteiger partial charge on any atom is -0.319 e. The maximum absolute atomic E-state index is 13.6. The minimum atomic E-state index is -0.481. The summed E-state index contributed by atoms with van der Waals surface area (Å²) in [5.74, 6) is -0.268. The van der Waals surface area contributed by atoms with E-state index in [1.165, 1.54) is 18.3 Å². The molecular formula is C19H16FN3O. The van der Waals surface area contributed by atoms with Crippen molar-refractivity contribution in [2.45, 2.75) is 13.3 Å². The highest BCUT2D eigenvalue weighted by Gasteiger charge is 2.13. The average molecular weight is 321 g/mol. The quantitative estimate of drug-likeness (QED) is 0.796. The van der Waals surface area contributed by atoms with Gasteiger partial charge in [0.15, 0.2) is 0 Å². The first-order chi connectivity index (χ1) is 11.6. The Bertz CT molecular complexity index is 865. The Morgan fingerprint density at radius 2 is 1.79 bits per heavy atom. The summed E-state index contributed by atoms with van der Waals surface area (Å²) < 4.78 is 13.6. The van der Waals surface area contributed by atoms with Crippen LogP contribution in [0.5, 0.6) is 0 Å². The maximum atomic E-state index is 13.6. The van der Waals surface area contributed by atoms with E-state index in [4.69, 9.17) is 0 Å². The van der Waals surface area contributed by atoms with Gasteiger partial charge >= 0.3 is 0 Å². The summed E-state index contributed by atoms with van der Waals surface area (Å²) in [7, 11) is 0. The van der Waals surface area contributed by atoms with Crippen LogP contribution in [-0.4, -0.2) is 15.9 Å². The Labute approximate surface area is 139 Å². The van der Waals surface area contributed by atoms with Gasteiger partial charge in [0.25, 0.3) is 5.91 Å². The van der Waals surface area contributed by atoms with Crippen molar-refractivity contribution in [1.29, 1.82) is 0 Å². The molecule has 1 heterocycles. The van der Waals surface area contributed by atoms with Crippen molar-refractivity contribution in [3.05, 3.63) is 89.3 Å². The highest BCUT2D eigenvalue weighted by molar-refractivity contribution is 6.04. The average Bonchev–Trinajstić information content (AvgIpc) is 2.58. The topological polar surface area (TPSA) is 54.9 Å². The van der Waals surface area contributed by atoms with Crippen LogP contribution in [0.3, 0.4) is 0 Å². The predicted molar refractivity (Wildman–Crippen MR) is 90.4 cm³/mol. The number of aromatic nitrogens is 2. The van der Waals surface area contributed by atoms with Gasteiger partial charge in [-0.15, -0.1) is 0 Å². The number of nitrogens with zero attached hydrogens (tertiary/aromatic N) is 2. The van der Waals surface area contributed by atoms with Gasteiger partial charge in [0, 0.05) is 12.6 Å². The number of amides is 1. The van der Waals surface area contributed by atoms with E-state index in [-0.39, 0.29) is 5.69 Å². The number of para-hydroxylation sites is 1. The Balaban J connectivity index is 1.77. The summed E-state index contributed by atoms with van der Waals surface area (Å²) >= 11 is 0. The number of carbonyl (C=O) groups excluding carboxylic acids is 1. The van der Waals surface area contributed by atoms with Gasteiger partial charge in [-0.2, -0.15) is 0 Å². The zero-order valence-corrected chi connectivity index (χ0v) is 13.2. The van der Waals surface area contributed by atoms with Gasteiger partial charge in [0.05, 0.1) is 16.9 Å². The molecule has 0 bridgehead atoms. The number of hydrogen-bond acceptors (Lipinski definition) is 3. The maximum Gasteiger partial charge on any atom is 0.259 e. The zero-order valence-electron chi connectivity index (χ0n) is 13.2. The summed E-state index contributed by atoms with van der Waals surface area (Å²) in [6.07, 6.45) is 2.08. The molecule has 1 aromatic heterocycles. The lowest BCUT2D eigenvalue weighted by atomic mass is 10.1. The molecule has 0 atom stereocenters. The van der Waals surface area contributed by atoms with E-state index in [0.29, 0.717) is 23.5 Å². The van der Waals surface area contributed by atoms with Crippen LogP contribution < -0.4 is 5.32 Å². The van der Waals surface area contributed by atoms with E-state index >= 15 is 0 Å². The largest absolute Gasteiger partial charge is 0.319 e. The van der Waals surface area contributed by atoms with Gasteiger partial charge in [-0.25, -0.2) is 14.4 Å². The van der Waals surface area contributed by atoms with E-state index in [1.54, 1.807) is 19.1 Å². The monoisotopic (exact) mass is 321 g/mol. The Kier molecular flexibility index (Phi) is 4.61. The number of nitrogens with one attached hydrogen (secondary N) is 1. The lowest BCUT2D eigenvalue weighted by Crippen LogP contribution is -2.16. The second kappa shape index (κ2) is 7.00. The molecule has 0 aliphatic carbocycles. The molecule has 0 unspecified atom stereocenters. The molecule has 4 nitrogen and oxygen atoms in total. The van der Waals surface area contributed by atoms with Crippen LogP contribution in [0.15, 0.2) is 60.8 Å². The Hall–Kier alpha value is -3.08. The molecule has 1 N–H and O–H groups in total. The van der Waals surface area contributed by atoms with Crippen LogP contribution >= 0.6 is 0 Å². The smallest absolute Gasteiger partial charge is 0.259 e. The molecule has 0 radical (unpaired) electrons. The van der Waals surface area contributed by atoms with Crippen LogP contribution in [0.25, 0.3) is 0 Å². The third-order valence-electron chi connectivity index (χ3n) is 3.60. The molecule has 0 fully saturated rings. The molecule has 0 spiro atoms. The summed E-state index contributed by atoms with van der Waals surface area (Å²) in [6.45, 7) is 1.74. The predicted octanol–water partition coefficient (Wildman–Crippen LogP) is 3.77. The van der Waals surface area contributed by atoms with Crippen LogP contribution in [0.4, 0.5) is 10.1 Å². The fourth-order valence-electron chi connectivity index (χ4n) is 2.35. The molecule has 0 saturated carbocycles. The first-order valence-electron chi connectivity index (χ1n) is 7.56. The number of halogens is 1. The normalized spacial score (nSPS) is 10.4. The molecular weight excluding hydrogens is 305 g/mol. The standard InChI is InChI=1S/C19H16FN3O/c1-13-15(19(24)23-17-10-6-5-9-16(17)20)12-21-18(22-13)11-14-7-3-2-4-8-14/h2-10,12H,11H2,1H3,(H,23,24). The van der Waals surface area contributed by atoms with Crippen molar-refractivity contribution in [3.8, 4) is 0 Å². The van der Waals surface area contributed by atoms with Crippen molar-refractivity contribution in [3.63, 3.8) is 0 Å². The highest BCUT2D eigenvalue weighted by atomic mass is 19.1. The molecule has 3 aromatic rings. The second-order valence-corrected chi connectivity index (χ2v) is 5.38. The van der Waals surface area contributed by atoms with E-state index in [1.807, 2.05) is 30.3 Å². The minimum absolute atomic E-state index is 0.135. The molecule has 0 aliphatic heterocycles. The zero-order chi connectivity index (χ0) is 16.9. The van der Waals surface area contributed by atoms with Crippen LogP contribution in [0.2, 0.25) is 0 Å². The molecule has 3 rings (SSSR count). The third kappa shape index (κ3) is 3.63. The van der Waals surface area contributed by atoms with Gasteiger partial charge in [-0.3, -0.25) is 4.79 Å². The first kappa shape index (κ1) is 15.8. The Morgan fingerprint density at radius 3 is 2.50 bits per heavy atom. The summed E-state index contributed by atoms with van der Waals surface area (Å²) in [6, 6.07) is 15.9. The van der Waals surface area contributed by atoms with Crippen molar-refractivity contribution in [1.82, 2.24) is 9.97 Å². The van der Waals surface area contributed by atoms with Crippen LogP contribution in [-0.2, 0) is 6.42 Å². The molecule has 0 aliphatic rings. The van der Waals surface area contributed by atoms with Crippen LogP contribution in [0, 0.1) is 12.7 Å². The SMILES string of the molecule is Cc1nc(Cc2ccccc2)ncc1C(=O)Nc1ccccc1F. The molecule has 5 heteroatoms. The lowest BCUT2D eigenvalue weighted by Gasteiger charge is -2.09. The van der Waals surface area contributed by atoms with Crippen LogP contribution in [0.1, 0.15) is 27.4 Å². The van der Waals surface area contributed by atoms with Gasteiger partial charge in [-0.1, -0.05) is 42.5 Å². The van der Waals surface area contributed by atoms with Gasteiger partial charge in [0.2, 0.25) is 0 Å². The van der Waals surface area contributed by atoms with Crippen molar-refractivity contribution < 1.29 is 9.18 Å². The van der Waals surface area contributed by atoms with Gasteiger partial charge < -0.3 is 5.32 Å². The summed E-state index contributed by atoms with van der Waals surface area (Å²) in [4.78, 5) is 20.9. The van der Waals surface area contributed by atoms with E-state index in [2.05, 4.69) is 15.3 Å². The molecule has 0 saturated heterocycles. The lowest BCUT2D eigenvalue weighted by molar-refractivity contribution is 0.102. The summed E-state index contributed by atoms with van der Waals surface area (Å²) in [5, 5.41) is 2.54. The molecule has 1 amide bonds. The van der Waals surface area contributed by atoms with E-state index < -0.39 is 11.7 Å². The van der Waals surface area contributed by atoms with Gasteiger partial charge in [0.1, 0.15) is 11.6 Å². The van der Waals surface area contributed by atoms with E-state index in [0.717, 1.165) is 5.56 Å². The fraction of sp³-hybridized carbons (Fsp3) is 0.105. The summed E-state index contributed by atoms with van der Waals surface area (Å²) in [5.41, 5.74) is 2.12. The number of carbonyl (C=O) groups is 1. The van der Waals surface area contributed by atoms with Gasteiger partial charge in [-0.05, 0) is 24.6 Å². The molecule has 24 heavy (non-hydrogen) atoms. The number of rotatable bonds is 4. The third-order valence-corrected chi connectivity index (χ3v) is 3.60. The fourth-order valence-corrected chi connectivity index (χ4v) is 2.35. The van der Waals surface area contributed by atoms with Crippen molar-refractivity contribution in [2.24, 2.45) is 0 Å². The molecule has 120 valence electrons. The number of anilines is 1.